The third-order valence-electron chi connectivity index (χ3n) is 5.86. The summed E-state index contributed by atoms with van der Waals surface area (Å²) < 4.78 is 0. The van der Waals surface area contributed by atoms with Crippen LogP contribution in [0.4, 0.5) is 11.6 Å². The standard InChI is InChI=1S/C24H30N4O/c29-22(21-10-5-2-6-11-21)17-25-23-16-24(27-18-26-23)28-14-7-12-20(13-15-28)19-8-3-1-4-9-19/h1,3-5,8-11,16,18,20,22,29H,2,6-7,12-15,17H2,(H,25,26,27). The number of hydrogen-bond donors (Lipinski definition) is 2. The van der Waals surface area contributed by atoms with E-state index in [2.05, 4.69) is 62.7 Å². The Bertz CT molecular complexity index is 849. The zero-order chi connectivity index (χ0) is 19.9. The fraction of sp³-hybridized carbons (Fsp3) is 0.417. The number of allylic oxidation sites excluding steroid dienone is 2. The van der Waals surface area contributed by atoms with Crippen LogP contribution in [0.5, 0.6) is 0 Å². The molecule has 0 amide bonds. The van der Waals surface area contributed by atoms with Crippen molar-refractivity contribution in [2.45, 2.75) is 44.1 Å². The van der Waals surface area contributed by atoms with Crippen molar-refractivity contribution < 1.29 is 5.11 Å². The fourth-order valence-corrected chi connectivity index (χ4v) is 4.20. The molecule has 152 valence electrons. The molecule has 2 heterocycles. The molecule has 2 unspecified atom stereocenters. The Morgan fingerprint density at radius 2 is 2.00 bits per heavy atom. The molecule has 5 heteroatoms. The topological polar surface area (TPSA) is 61.3 Å². The van der Waals surface area contributed by atoms with Gasteiger partial charge in [-0.3, -0.25) is 0 Å². The average Bonchev–Trinajstić information content (AvgIpc) is 3.05. The molecular formula is C24H30N4O. The molecule has 0 bridgehead atoms. The Kier molecular flexibility index (Phi) is 6.57. The zero-order valence-electron chi connectivity index (χ0n) is 16.9. The van der Waals surface area contributed by atoms with Gasteiger partial charge in [-0.1, -0.05) is 48.6 Å². The van der Waals surface area contributed by atoms with Crippen LogP contribution in [0.3, 0.4) is 0 Å². The van der Waals surface area contributed by atoms with E-state index in [4.69, 9.17) is 0 Å². The van der Waals surface area contributed by atoms with Crippen molar-refractivity contribution in [2.75, 3.05) is 29.9 Å². The van der Waals surface area contributed by atoms with Crippen LogP contribution in [-0.4, -0.2) is 40.8 Å². The van der Waals surface area contributed by atoms with E-state index >= 15 is 0 Å². The van der Waals surface area contributed by atoms with Gasteiger partial charge in [0.25, 0.3) is 0 Å². The highest BCUT2D eigenvalue weighted by molar-refractivity contribution is 5.49. The van der Waals surface area contributed by atoms with Crippen LogP contribution < -0.4 is 10.2 Å². The molecule has 0 radical (unpaired) electrons. The molecule has 2 atom stereocenters. The molecule has 1 aromatic carbocycles. The van der Waals surface area contributed by atoms with E-state index in [1.54, 1.807) is 6.33 Å². The number of nitrogens with zero attached hydrogens (tertiary/aromatic N) is 3. The number of anilines is 2. The highest BCUT2D eigenvalue weighted by Gasteiger charge is 2.19. The fourth-order valence-electron chi connectivity index (χ4n) is 4.20. The summed E-state index contributed by atoms with van der Waals surface area (Å²) in [6.45, 7) is 2.46. The van der Waals surface area contributed by atoms with Crippen molar-refractivity contribution in [3.63, 3.8) is 0 Å². The number of benzene rings is 1. The van der Waals surface area contributed by atoms with Gasteiger partial charge in [-0.05, 0) is 49.2 Å². The molecule has 4 rings (SSSR count). The maximum absolute atomic E-state index is 10.4. The quantitative estimate of drug-likeness (QED) is 0.770. The van der Waals surface area contributed by atoms with Gasteiger partial charge in [0.05, 0.1) is 6.10 Å². The lowest BCUT2D eigenvalue weighted by Gasteiger charge is -2.22. The maximum Gasteiger partial charge on any atom is 0.134 e. The van der Waals surface area contributed by atoms with Crippen LogP contribution in [0, 0.1) is 0 Å². The second kappa shape index (κ2) is 9.70. The normalized spacial score (nSPS) is 20.7. The van der Waals surface area contributed by atoms with Gasteiger partial charge >= 0.3 is 0 Å². The molecule has 1 aliphatic heterocycles. The van der Waals surface area contributed by atoms with Crippen LogP contribution in [0.2, 0.25) is 0 Å². The molecule has 0 spiro atoms. The van der Waals surface area contributed by atoms with Crippen molar-refractivity contribution in [1.29, 1.82) is 0 Å². The SMILES string of the molecule is OC(CNc1cc(N2CCCC(c3ccccc3)CC2)ncn1)C1=CCCC=C1. The van der Waals surface area contributed by atoms with Crippen LogP contribution in [0.15, 0.2) is 66.5 Å². The first-order valence-electron chi connectivity index (χ1n) is 10.7. The minimum Gasteiger partial charge on any atom is -0.387 e. The third kappa shape index (κ3) is 5.24. The Morgan fingerprint density at radius 1 is 1.10 bits per heavy atom. The predicted molar refractivity (Wildman–Crippen MR) is 118 cm³/mol. The summed E-state index contributed by atoms with van der Waals surface area (Å²) in [5, 5.41) is 13.7. The Balaban J connectivity index is 1.35. The average molecular weight is 391 g/mol. The Morgan fingerprint density at radius 3 is 2.83 bits per heavy atom. The summed E-state index contributed by atoms with van der Waals surface area (Å²) >= 11 is 0. The summed E-state index contributed by atoms with van der Waals surface area (Å²) in [6.07, 6.45) is 12.9. The van der Waals surface area contributed by atoms with Gasteiger partial charge < -0.3 is 15.3 Å². The first-order chi connectivity index (χ1) is 14.3. The van der Waals surface area contributed by atoms with Gasteiger partial charge in [0.2, 0.25) is 0 Å². The summed E-state index contributed by atoms with van der Waals surface area (Å²) in [5.74, 6) is 2.34. The van der Waals surface area contributed by atoms with Crippen LogP contribution in [0.25, 0.3) is 0 Å². The van der Waals surface area contributed by atoms with Crippen molar-refractivity contribution >= 4 is 11.6 Å². The molecular weight excluding hydrogens is 360 g/mol. The minimum absolute atomic E-state index is 0.447. The minimum atomic E-state index is -0.519. The van der Waals surface area contributed by atoms with E-state index in [1.165, 1.54) is 12.0 Å². The lowest BCUT2D eigenvalue weighted by Crippen LogP contribution is -2.26. The van der Waals surface area contributed by atoms with E-state index < -0.39 is 6.10 Å². The van der Waals surface area contributed by atoms with E-state index in [-0.39, 0.29) is 0 Å². The highest BCUT2D eigenvalue weighted by Crippen LogP contribution is 2.29. The number of nitrogens with one attached hydrogen (secondary N) is 1. The number of hydrogen-bond acceptors (Lipinski definition) is 5. The summed E-state index contributed by atoms with van der Waals surface area (Å²) in [6, 6.07) is 12.8. The lowest BCUT2D eigenvalue weighted by atomic mass is 9.92. The molecule has 2 aromatic rings. The van der Waals surface area contributed by atoms with Crippen LogP contribution in [0.1, 0.15) is 43.6 Å². The molecule has 1 aliphatic carbocycles. The largest absolute Gasteiger partial charge is 0.387 e. The van der Waals surface area contributed by atoms with E-state index in [9.17, 15) is 5.11 Å². The molecule has 1 aromatic heterocycles. The molecule has 5 nitrogen and oxygen atoms in total. The molecule has 2 N–H and O–H groups in total. The van der Waals surface area contributed by atoms with E-state index in [0.717, 1.165) is 56.0 Å². The Hall–Kier alpha value is -2.66. The van der Waals surface area contributed by atoms with Crippen molar-refractivity contribution in [3.8, 4) is 0 Å². The van der Waals surface area contributed by atoms with E-state index in [1.807, 2.05) is 12.1 Å². The van der Waals surface area contributed by atoms with Gasteiger partial charge in [-0.2, -0.15) is 0 Å². The zero-order valence-corrected chi connectivity index (χ0v) is 16.9. The molecule has 0 saturated carbocycles. The predicted octanol–water partition coefficient (Wildman–Crippen LogP) is 4.30. The van der Waals surface area contributed by atoms with Gasteiger partial charge in [-0.15, -0.1) is 0 Å². The number of aliphatic hydroxyl groups is 1. The second-order valence-electron chi connectivity index (χ2n) is 7.87. The first-order valence-corrected chi connectivity index (χ1v) is 10.7. The monoisotopic (exact) mass is 390 g/mol. The first kappa shape index (κ1) is 19.6. The van der Waals surface area contributed by atoms with E-state index in [0.29, 0.717) is 12.5 Å². The second-order valence-corrected chi connectivity index (χ2v) is 7.87. The summed E-state index contributed by atoms with van der Waals surface area (Å²) in [4.78, 5) is 11.2. The van der Waals surface area contributed by atoms with Crippen molar-refractivity contribution in [2.24, 2.45) is 0 Å². The van der Waals surface area contributed by atoms with Crippen LogP contribution in [-0.2, 0) is 0 Å². The molecule has 29 heavy (non-hydrogen) atoms. The third-order valence-corrected chi connectivity index (χ3v) is 5.86. The van der Waals surface area contributed by atoms with Crippen molar-refractivity contribution in [3.05, 3.63) is 72.1 Å². The lowest BCUT2D eigenvalue weighted by molar-refractivity contribution is 0.227. The smallest absolute Gasteiger partial charge is 0.134 e. The van der Waals surface area contributed by atoms with Gasteiger partial charge in [0.1, 0.15) is 18.0 Å². The van der Waals surface area contributed by atoms with Gasteiger partial charge in [-0.25, -0.2) is 9.97 Å². The number of aromatic nitrogens is 2. The van der Waals surface area contributed by atoms with Crippen LogP contribution >= 0.6 is 0 Å². The van der Waals surface area contributed by atoms with Gasteiger partial charge in [0, 0.05) is 25.7 Å². The highest BCUT2D eigenvalue weighted by atomic mass is 16.3. The summed E-state index contributed by atoms with van der Waals surface area (Å²) in [5.41, 5.74) is 2.43. The maximum atomic E-state index is 10.4. The molecule has 2 aliphatic rings. The molecule has 1 saturated heterocycles. The number of aliphatic hydroxyl groups excluding tert-OH is 1. The Labute approximate surface area is 173 Å². The van der Waals surface area contributed by atoms with Gasteiger partial charge in [0.15, 0.2) is 0 Å². The summed E-state index contributed by atoms with van der Waals surface area (Å²) in [7, 11) is 0. The van der Waals surface area contributed by atoms with Crippen molar-refractivity contribution in [1.82, 2.24) is 9.97 Å². The molecule has 1 fully saturated rings. The number of rotatable bonds is 6.